The third kappa shape index (κ3) is 1.22. The Morgan fingerprint density at radius 2 is 2.62 bits per heavy atom. The van der Waals surface area contributed by atoms with Gasteiger partial charge in [0.05, 0.1) is 0 Å². The van der Waals surface area contributed by atoms with E-state index in [2.05, 4.69) is 19.4 Å². The van der Waals surface area contributed by atoms with Gasteiger partial charge in [-0.05, 0) is 18.9 Å². The highest BCUT2D eigenvalue weighted by atomic mass is 14.0. The van der Waals surface area contributed by atoms with Crippen molar-refractivity contribution in [3.8, 4) is 0 Å². The van der Waals surface area contributed by atoms with Crippen molar-refractivity contribution in [2.24, 2.45) is 0 Å². The number of rotatable bonds is 1. The lowest BCUT2D eigenvalue weighted by Gasteiger charge is -1.99. The van der Waals surface area contributed by atoms with Crippen LogP contribution in [0.15, 0.2) is 17.7 Å². The Morgan fingerprint density at radius 3 is 3.00 bits per heavy atom. The lowest BCUT2D eigenvalue weighted by atomic mass is 10.1. The van der Waals surface area contributed by atoms with Gasteiger partial charge in [-0.15, -0.1) is 0 Å². The van der Waals surface area contributed by atoms with Gasteiger partial charge in [0.25, 0.3) is 0 Å². The van der Waals surface area contributed by atoms with Gasteiger partial charge in [0, 0.05) is 6.42 Å². The van der Waals surface area contributed by atoms with E-state index in [1.54, 1.807) is 0 Å². The molecule has 0 fully saturated rings. The molecule has 0 spiro atoms. The first-order chi connectivity index (χ1) is 3.93. The lowest BCUT2D eigenvalue weighted by molar-refractivity contribution is 1.09. The maximum Gasteiger partial charge on any atom is 0.0134 e. The molecule has 1 rings (SSSR count). The molecule has 3 radical (unpaired) electrons. The third-order valence-corrected chi connectivity index (χ3v) is 1.19. The van der Waals surface area contributed by atoms with E-state index in [-0.39, 0.29) is 0 Å². The summed E-state index contributed by atoms with van der Waals surface area (Å²) in [4.78, 5) is 0. The summed E-state index contributed by atoms with van der Waals surface area (Å²) in [6.07, 6.45) is 12.2. The molecule has 0 aromatic rings. The van der Waals surface area contributed by atoms with Gasteiger partial charge in [0.15, 0.2) is 0 Å². The van der Waals surface area contributed by atoms with E-state index < -0.39 is 0 Å². The largest absolute Gasteiger partial charge is 0.0729 e. The maximum atomic E-state index is 3.08. The van der Waals surface area contributed by atoms with Crippen LogP contribution in [0.25, 0.3) is 0 Å². The van der Waals surface area contributed by atoms with Crippen LogP contribution in [-0.2, 0) is 0 Å². The summed E-state index contributed by atoms with van der Waals surface area (Å²) >= 11 is 0. The molecule has 0 heteroatoms. The van der Waals surface area contributed by atoms with E-state index in [1.165, 1.54) is 5.57 Å². The van der Waals surface area contributed by atoms with Crippen LogP contribution in [0, 0.1) is 12.5 Å². The lowest BCUT2D eigenvalue weighted by Crippen LogP contribution is -1.82. The second-order valence-electron chi connectivity index (χ2n) is 1.80. The number of hydrogen-bond donors (Lipinski definition) is 0. The summed E-state index contributed by atoms with van der Waals surface area (Å²) in [6.45, 7) is 2.14. The number of hydrogen-bond acceptors (Lipinski definition) is 0. The monoisotopic (exact) mass is 105 g/mol. The second kappa shape index (κ2) is 2.71. The van der Waals surface area contributed by atoms with E-state index in [0.29, 0.717) is 0 Å². The Morgan fingerprint density at radius 1 is 1.75 bits per heavy atom. The molecule has 0 amide bonds. The third-order valence-electron chi connectivity index (χ3n) is 1.19. The van der Waals surface area contributed by atoms with Gasteiger partial charge in [-0.25, -0.2) is 0 Å². The van der Waals surface area contributed by atoms with Gasteiger partial charge < -0.3 is 0 Å². The quantitative estimate of drug-likeness (QED) is 0.479. The molecule has 0 heterocycles. The van der Waals surface area contributed by atoms with Crippen molar-refractivity contribution in [2.45, 2.75) is 19.8 Å². The summed E-state index contributed by atoms with van der Waals surface area (Å²) in [7, 11) is 0. The van der Waals surface area contributed by atoms with Gasteiger partial charge in [0.2, 0.25) is 0 Å². The van der Waals surface area contributed by atoms with Gasteiger partial charge in [-0.1, -0.05) is 24.6 Å². The van der Waals surface area contributed by atoms with Crippen molar-refractivity contribution < 1.29 is 0 Å². The van der Waals surface area contributed by atoms with Crippen molar-refractivity contribution in [3.05, 3.63) is 30.2 Å². The van der Waals surface area contributed by atoms with E-state index in [4.69, 9.17) is 0 Å². The van der Waals surface area contributed by atoms with Crippen molar-refractivity contribution in [3.63, 3.8) is 0 Å². The highest BCUT2D eigenvalue weighted by Crippen LogP contribution is 2.09. The SMILES string of the molecule is CCC1=C[C]C[C]=C1. The van der Waals surface area contributed by atoms with Gasteiger partial charge in [-0.2, -0.15) is 0 Å². The maximum absolute atomic E-state index is 3.08. The zero-order chi connectivity index (χ0) is 5.82. The van der Waals surface area contributed by atoms with Crippen LogP contribution in [0.5, 0.6) is 0 Å². The first kappa shape index (κ1) is 5.61. The summed E-state index contributed by atoms with van der Waals surface area (Å²) in [5.74, 6) is 0. The molecule has 8 heavy (non-hydrogen) atoms. The van der Waals surface area contributed by atoms with Gasteiger partial charge in [0.1, 0.15) is 0 Å². The molecule has 0 atom stereocenters. The van der Waals surface area contributed by atoms with Gasteiger partial charge in [-0.3, -0.25) is 0 Å². The van der Waals surface area contributed by atoms with E-state index in [1.807, 2.05) is 12.2 Å². The number of allylic oxidation sites excluding steroid dienone is 4. The average Bonchev–Trinajstić information content (AvgIpc) is 1.90. The fourth-order valence-electron chi connectivity index (χ4n) is 0.669. The predicted octanol–water partition coefficient (Wildman–Crippen LogP) is 2.17. The minimum absolute atomic E-state index is 0.865. The molecule has 1 aliphatic rings. The zero-order valence-corrected chi connectivity index (χ0v) is 5.07. The standard InChI is InChI=1S/C8H9/c1-2-8-6-4-3-5-7-8/h6-7H,2-3H2,1H3. The smallest absolute Gasteiger partial charge is 0.0134 e. The topological polar surface area (TPSA) is 0 Å². The fourth-order valence-corrected chi connectivity index (χ4v) is 0.669. The molecule has 1 aliphatic carbocycles. The molecular formula is C8H9. The van der Waals surface area contributed by atoms with Crippen molar-refractivity contribution in [2.75, 3.05) is 0 Å². The Labute approximate surface area is 50.9 Å². The van der Waals surface area contributed by atoms with Gasteiger partial charge >= 0.3 is 0 Å². The molecule has 0 saturated heterocycles. The Hall–Kier alpha value is -0.520. The average molecular weight is 105 g/mol. The minimum Gasteiger partial charge on any atom is -0.0729 e. The van der Waals surface area contributed by atoms with E-state index in [0.717, 1.165) is 12.8 Å². The molecule has 0 aromatic heterocycles. The first-order valence-electron chi connectivity index (χ1n) is 2.92. The summed E-state index contributed by atoms with van der Waals surface area (Å²) in [5, 5.41) is 0. The van der Waals surface area contributed by atoms with Crippen LogP contribution in [0.4, 0.5) is 0 Å². The van der Waals surface area contributed by atoms with Crippen LogP contribution in [0.1, 0.15) is 19.8 Å². The summed E-state index contributed by atoms with van der Waals surface area (Å²) in [6, 6.07) is 0. The molecule has 0 aromatic carbocycles. The molecule has 0 saturated carbocycles. The van der Waals surface area contributed by atoms with Crippen LogP contribution >= 0.6 is 0 Å². The molecule has 41 valence electrons. The molecule has 0 unspecified atom stereocenters. The normalized spacial score (nSPS) is 18.4. The molecular weight excluding hydrogens is 96.1 g/mol. The van der Waals surface area contributed by atoms with Crippen molar-refractivity contribution in [1.82, 2.24) is 0 Å². The Balaban J connectivity index is 2.51. The van der Waals surface area contributed by atoms with Crippen LogP contribution in [0.3, 0.4) is 0 Å². The van der Waals surface area contributed by atoms with E-state index >= 15 is 0 Å². The van der Waals surface area contributed by atoms with Crippen LogP contribution < -0.4 is 0 Å². The Bertz CT molecular complexity index is 118. The predicted molar refractivity (Wildman–Crippen MR) is 34.0 cm³/mol. The summed E-state index contributed by atoms with van der Waals surface area (Å²) < 4.78 is 0. The second-order valence-corrected chi connectivity index (χ2v) is 1.80. The van der Waals surface area contributed by atoms with Crippen molar-refractivity contribution in [1.29, 1.82) is 0 Å². The summed E-state index contributed by atoms with van der Waals surface area (Å²) in [5.41, 5.74) is 1.33. The molecule has 0 nitrogen and oxygen atoms in total. The first-order valence-corrected chi connectivity index (χ1v) is 2.92. The van der Waals surface area contributed by atoms with Crippen LogP contribution in [0.2, 0.25) is 0 Å². The molecule has 0 bridgehead atoms. The molecule has 0 N–H and O–H groups in total. The van der Waals surface area contributed by atoms with Crippen LogP contribution in [-0.4, -0.2) is 0 Å². The molecule has 0 aliphatic heterocycles. The zero-order valence-electron chi connectivity index (χ0n) is 5.07. The van der Waals surface area contributed by atoms with Crippen molar-refractivity contribution >= 4 is 0 Å². The Kier molecular flexibility index (Phi) is 1.90. The highest BCUT2D eigenvalue weighted by molar-refractivity contribution is 5.23. The van der Waals surface area contributed by atoms with E-state index in [9.17, 15) is 0 Å². The minimum atomic E-state index is 0.865. The highest BCUT2D eigenvalue weighted by Gasteiger charge is 1.92. The fraction of sp³-hybridized carbons (Fsp3) is 0.375.